The molecule has 2 aromatic rings. The smallest absolute Gasteiger partial charge is 0.354 e. The van der Waals surface area contributed by atoms with Crippen molar-refractivity contribution in [3.8, 4) is 11.8 Å². The van der Waals surface area contributed by atoms with Gasteiger partial charge in [0.05, 0.1) is 12.5 Å². The van der Waals surface area contributed by atoms with Crippen molar-refractivity contribution < 1.29 is 9.15 Å². The first-order chi connectivity index (χ1) is 7.26. The van der Waals surface area contributed by atoms with Crippen LogP contribution in [-0.4, -0.2) is 7.11 Å². The van der Waals surface area contributed by atoms with E-state index in [9.17, 15) is 4.79 Å². The van der Waals surface area contributed by atoms with Crippen LogP contribution in [0.4, 0.5) is 0 Å². The summed E-state index contributed by atoms with van der Waals surface area (Å²) >= 11 is 0. The Kier molecular flexibility index (Phi) is 2.14. The molecule has 74 valence electrons. The summed E-state index contributed by atoms with van der Waals surface area (Å²) in [6.45, 7) is 0. The molecule has 1 heterocycles. The van der Waals surface area contributed by atoms with E-state index in [1.54, 1.807) is 24.3 Å². The Morgan fingerprint density at radius 3 is 2.93 bits per heavy atom. The highest BCUT2D eigenvalue weighted by atomic mass is 16.5. The normalized spacial score (nSPS) is 9.87. The molecule has 2 rings (SSSR count). The van der Waals surface area contributed by atoms with Crippen LogP contribution in [0.15, 0.2) is 33.5 Å². The SMILES string of the molecule is COc1cccc2oc(=O)c(C#N)cc12. The van der Waals surface area contributed by atoms with Gasteiger partial charge in [-0.1, -0.05) is 6.07 Å². The summed E-state index contributed by atoms with van der Waals surface area (Å²) in [4.78, 5) is 11.2. The Morgan fingerprint density at radius 1 is 1.47 bits per heavy atom. The average molecular weight is 201 g/mol. The van der Waals surface area contributed by atoms with Crippen molar-refractivity contribution in [1.29, 1.82) is 5.26 Å². The lowest BCUT2D eigenvalue weighted by Gasteiger charge is -2.03. The third-order valence-corrected chi connectivity index (χ3v) is 2.08. The van der Waals surface area contributed by atoms with E-state index in [1.807, 2.05) is 0 Å². The number of hydrogen-bond acceptors (Lipinski definition) is 4. The van der Waals surface area contributed by atoms with Crippen molar-refractivity contribution in [1.82, 2.24) is 0 Å². The fourth-order valence-electron chi connectivity index (χ4n) is 1.37. The van der Waals surface area contributed by atoms with Gasteiger partial charge < -0.3 is 9.15 Å². The lowest BCUT2D eigenvalue weighted by Crippen LogP contribution is -2.03. The van der Waals surface area contributed by atoms with Crippen LogP contribution in [0, 0.1) is 11.3 Å². The molecule has 15 heavy (non-hydrogen) atoms. The minimum atomic E-state index is -0.627. The van der Waals surface area contributed by atoms with E-state index in [4.69, 9.17) is 14.4 Å². The van der Waals surface area contributed by atoms with E-state index >= 15 is 0 Å². The predicted octanol–water partition coefficient (Wildman–Crippen LogP) is 1.67. The number of methoxy groups -OCH3 is 1. The first-order valence-electron chi connectivity index (χ1n) is 4.27. The number of nitrogens with zero attached hydrogens (tertiary/aromatic N) is 1. The van der Waals surface area contributed by atoms with Crippen molar-refractivity contribution in [3.05, 3.63) is 40.2 Å². The molecule has 0 amide bonds. The largest absolute Gasteiger partial charge is 0.496 e. The molecule has 0 atom stereocenters. The Balaban J connectivity index is 2.89. The number of nitriles is 1. The molecule has 0 aliphatic carbocycles. The first kappa shape index (κ1) is 9.28. The number of benzene rings is 1. The molecular formula is C11H7NO3. The van der Waals surface area contributed by atoms with Gasteiger partial charge in [-0.05, 0) is 18.2 Å². The van der Waals surface area contributed by atoms with Gasteiger partial charge in [0.15, 0.2) is 0 Å². The summed E-state index contributed by atoms with van der Waals surface area (Å²) in [7, 11) is 1.52. The zero-order valence-electron chi connectivity index (χ0n) is 7.98. The molecule has 4 heteroatoms. The van der Waals surface area contributed by atoms with Crippen LogP contribution >= 0.6 is 0 Å². The third kappa shape index (κ3) is 1.44. The Labute approximate surface area is 85.3 Å². The molecule has 0 bridgehead atoms. The first-order valence-corrected chi connectivity index (χ1v) is 4.27. The highest BCUT2D eigenvalue weighted by Gasteiger charge is 2.07. The van der Waals surface area contributed by atoms with Gasteiger partial charge in [0.2, 0.25) is 0 Å². The second-order valence-corrected chi connectivity index (χ2v) is 2.93. The summed E-state index contributed by atoms with van der Waals surface area (Å²) in [6.07, 6.45) is 0. The lowest BCUT2D eigenvalue weighted by atomic mass is 10.2. The van der Waals surface area contributed by atoms with Crippen LogP contribution in [0.3, 0.4) is 0 Å². The Hall–Kier alpha value is -2.28. The second-order valence-electron chi connectivity index (χ2n) is 2.93. The molecule has 1 aromatic carbocycles. The molecule has 0 spiro atoms. The van der Waals surface area contributed by atoms with Crippen LogP contribution in [0.1, 0.15) is 5.56 Å². The topological polar surface area (TPSA) is 63.2 Å². The average Bonchev–Trinajstić information content (AvgIpc) is 2.27. The minimum absolute atomic E-state index is 0.0213. The van der Waals surface area contributed by atoms with Gasteiger partial charge in [-0.25, -0.2) is 4.79 Å². The van der Waals surface area contributed by atoms with Crippen LogP contribution in [0.2, 0.25) is 0 Å². The maximum Gasteiger partial charge on any atom is 0.354 e. The predicted molar refractivity (Wildman–Crippen MR) is 53.8 cm³/mol. The summed E-state index contributed by atoms with van der Waals surface area (Å²) in [5.41, 5.74) is -0.233. The second kappa shape index (κ2) is 3.46. The van der Waals surface area contributed by atoms with E-state index in [2.05, 4.69) is 0 Å². The molecule has 0 N–H and O–H groups in total. The molecule has 0 saturated heterocycles. The standard InChI is InChI=1S/C11H7NO3/c1-14-9-3-2-4-10-8(9)5-7(6-12)11(13)15-10/h2-5H,1H3. The monoisotopic (exact) mass is 201 g/mol. The number of fused-ring (bicyclic) bond motifs is 1. The summed E-state index contributed by atoms with van der Waals surface area (Å²) in [5.74, 6) is 0.577. The van der Waals surface area contributed by atoms with E-state index < -0.39 is 5.63 Å². The minimum Gasteiger partial charge on any atom is -0.496 e. The van der Waals surface area contributed by atoms with Crippen LogP contribution in [-0.2, 0) is 0 Å². The van der Waals surface area contributed by atoms with Crippen molar-refractivity contribution in [2.75, 3.05) is 7.11 Å². The molecule has 0 saturated carbocycles. The highest BCUT2D eigenvalue weighted by Crippen LogP contribution is 2.24. The Morgan fingerprint density at radius 2 is 2.27 bits per heavy atom. The van der Waals surface area contributed by atoms with Crippen LogP contribution in [0.25, 0.3) is 11.0 Å². The van der Waals surface area contributed by atoms with Gasteiger partial charge in [-0.3, -0.25) is 0 Å². The van der Waals surface area contributed by atoms with Crippen molar-refractivity contribution in [2.24, 2.45) is 0 Å². The van der Waals surface area contributed by atoms with Gasteiger partial charge >= 0.3 is 5.63 Å². The summed E-state index contributed by atoms with van der Waals surface area (Å²) in [6, 6.07) is 8.36. The van der Waals surface area contributed by atoms with E-state index in [0.717, 1.165) is 0 Å². The van der Waals surface area contributed by atoms with Gasteiger partial charge in [0.1, 0.15) is 23.0 Å². The van der Waals surface area contributed by atoms with Crippen molar-refractivity contribution in [3.63, 3.8) is 0 Å². The van der Waals surface area contributed by atoms with Crippen molar-refractivity contribution >= 4 is 11.0 Å². The third-order valence-electron chi connectivity index (χ3n) is 2.08. The fourth-order valence-corrected chi connectivity index (χ4v) is 1.37. The lowest BCUT2D eigenvalue weighted by molar-refractivity contribution is 0.418. The van der Waals surface area contributed by atoms with Crippen LogP contribution < -0.4 is 10.4 Å². The van der Waals surface area contributed by atoms with E-state index in [-0.39, 0.29) is 5.56 Å². The highest BCUT2D eigenvalue weighted by molar-refractivity contribution is 5.84. The Bertz CT molecular complexity index is 607. The fraction of sp³-hybridized carbons (Fsp3) is 0.0909. The zero-order valence-corrected chi connectivity index (χ0v) is 7.98. The molecule has 0 fully saturated rings. The molecule has 0 aliphatic rings. The number of hydrogen-bond donors (Lipinski definition) is 0. The van der Waals surface area contributed by atoms with Gasteiger partial charge in [-0.2, -0.15) is 5.26 Å². The van der Waals surface area contributed by atoms with Crippen molar-refractivity contribution in [2.45, 2.75) is 0 Å². The molecule has 0 unspecified atom stereocenters. The van der Waals surface area contributed by atoms with E-state index in [1.165, 1.54) is 13.2 Å². The zero-order chi connectivity index (χ0) is 10.8. The molecule has 0 radical (unpaired) electrons. The maximum absolute atomic E-state index is 11.2. The molecule has 0 aliphatic heterocycles. The summed E-state index contributed by atoms with van der Waals surface area (Å²) < 4.78 is 10.1. The number of ether oxygens (including phenoxy) is 1. The number of rotatable bonds is 1. The summed E-state index contributed by atoms with van der Waals surface area (Å²) in [5, 5.41) is 9.31. The quantitative estimate of drug-likeness (QED) is 0.658. The van der Waals surface area contributed by atoms with Gasteiger partial charge in [-0.15, -0.1) is 0 Å². The van der Waals surface area contributed by atoms with Gasteiger partial charge in [0.25, 0.3) is 0 Å². The molecule has 4 nitrogen and oxygen atoms in total. The van der Waals surface area contributed by atoms with E-state index in [0.29, 0.717) is 16.7 Å². The molecular weight excluding hydrogens is 194 g/mol. The molecule has 1 aromatic heterocycles. The van der Waals surface area contributed by atoms with Gasteiger partial charge in [0, 0.05) is 0 Å². The maximum atomic E-state index is 11.2. The van der Waals surface area contributed by atoms with Crippen LogP contribution in [0.5, 0.6) is 5.75 Å².